The minimum atomic E-state index is -4.51. The van der Waals surface area contributed by atoms with Crippen molar-refractivity contribution in [2.75, 3.05) is 11.4 Å². The van der Waals surface area contributed by atoms with Crippen LogP contribution in [0.4, 0.5) is 32.2 Å². The van der Waals surface area contributed by atoms with E-state index in [2.05, 4.69) is 9.97 Å². The molecule has 10 heteroatoms. The van der Waals surface area contributed by atoms with Crippen molar-refractivity contribution in [2.45, 2.75) is 37.7 Å². The molecule has 28 heavy (non-hydrogen) atoms. The standard InChI is InChI=1S/C18H15F6N3O/c19-17(20,21)11-3-5-13(25-9-11)8-15(28)14-2-1-7-27(14)16-6-4-12(10-26-16)18(22,23)24/h3-6,9-10,14H,1-2,7-8H2/t14-/m1/s1. The van der Waals surface area contributed by atoms with Crippen LogP contribution in [0.5, 0.6) is 0 Å². The number of hydrogen-bond donors (Lipinski definition) is 0. The number of hydrogen-bond acceptors (Lipinski definition) is 4. The Morgan fingerprint density at radius 3 is 2.07 bits per heavy atom. The molecule has 0 amide bonds. The first-order valence-electron chi connectivity index (χ1n) is 8.40. The highest BCUT2D eigenvalue weighted by Gasteiger charge is 2.34. The van der Waals surface area contributed by atoms with Gasteiger partial charge in [0.2, 0.25) is 0 Å². The molecule has 2 aromatic heterocycles. The third-order valence-electron chi connectivity index (χ3n) is 4.50. The van der Waals surface area contributed by atoms with Crippen molar-refractivity contribution in [3.63, 3.8) is 0 Å². The summed E-state index contributed by atoms with van der Waals surface area (Å²) in [5.41, 5.74) is -1.59. The van der Waals surface area contributed by atoms with Crippen LogP contribution in [-0.4, -0.2) is 28.3 Å². The summed E-state index contributed by atoms with van der Waals surface area (Å²) in [4.78, 5) is 21.7. The molecule has 150 valence electrons. The molecule has 2 aromatic rings. The summed E-state index contributed by atoms with van der Waals surface area (Å²) in [6.45, 7) is 0.454. The van der Waals surface area contributed by atoms with Gasteiger partial charge in [0.25, 0.3) is 0 Å². The molecule has 3 heterocycles. The predicted octanol–water partition coefficient (Wildman–Crippen LogP) is 4.29. The van der Waals surface area contributed by atoms with Crippen molar-refractivity contribution in [1.82, 2.24) is 9.97 Å². The Kier molecular flexibility index (Phi) is 5.31. The van der Waals surface area contributed by atoms with Crippen LogP contribution >= 0.6 is 0 Å². The van der Waals surface area contributed by atoms with Gasteiger partial charge in [-0.1, -0.05) is 0 Å². The molecule has 0 N–H and O–H groups in total. The zero-order valence-corrected chi connectivity index (χ0v) is 14.4. The highest BCUT2D eigenvalue weighted by Crippen LogP contribution is 2.31. The lowest BCUT2D eigenvalue weighted by Gasteiger charge is -2.25. The number of aromatic nitrogens is 2. The molecule has 0 saturated carbocycles. The Hall–Kier alpha value is -2.65. The van der Waals surface area contributed by atoms with E-state index in [1.165, 1.54) is 6.07 Å². The molecule has 1 fully saturated rings. The van der Waals surface area contributed by atoms with Crippen LogP contribution in [0.1, 0.15) is 29.7 Å². The molecule has 0 bridgehead atoms. The van der Waals surface area contributed by atoms with Crippen molar-refractivity contribution in [3.8, 4) is 0 Å². The number of Topliss-reactive ketones (excluding diaryl/α,β-unsaturated/α-hetero) is 1. The van der Waals surface area contributed by atoms with Gasteiger partial charge in [-0.25, -0.2) is 4.98 Å². The number of pyridine rings is 2. The van der Waals surface area contributed by atoms with Crippen molar-refractivity contribution in [1.29, 1.82) is 0 Å². The number of carbonyl (C=O) groups excluding carboxylic acids is 1. The summed E-state index contributed by atoms with van der Waals surface area (Å²) in [5, 5.41) is 0. The van der Waals surface area contributed by atoms with Gasteiger partial charge in [0, 0.05) is 24.6 Å². The summed E-state index contributed by atoms with van der Waals surface area (Å²) in [5.74, 6) is -0.0179. The molecule has 1 atom stereocenters. The number of halogens is 6. The predicted molar refractivity (Wildman–Crippen MR) is 87.6 cm³/mol. The maximum atomic E-state index is 12.7. The third-order valence-corrected chi connectivity index (χ3v) is 4.50. The van der Waals surface area contributed by atoms with E-state index in [4.69, 9.17) is 0 Å². The van der Waals surface area contributed by atoms with E-state index in [9.17, 15) is 31.1 Å². The second-order valence-electron chi connectivity index (χ2n) is 6.43. The Morgan fingerprint density at radius 1 is 0.964 bits per heavy atom. The van der Waals surface area contributed by atoms with E-state index in [1.807, 2.05) is 0 Å². The Bertz CT molecular complexity index is 830. The lowest BCUT2D eigenvalue weighted by atomic mass is 10.0. The van der Waals surface area contributed by atoms with Gasteiger partial charge in [-0.05, 0) is 37.1 Å². The normalized spacial score (nSPS) is 17.8. The topological polar surface area (TPSA) is 46.1 Å². The number of carbonyl (C=O) groups is 1. The van der Waals surface area contributed by atoms with Crippen molar-refractivity contribution in [3.05, 3.63) is 53.5 Å². The van der Waals surface area contributed by atoms with E-state index in [-0.39, 0.29) is 23.7 Å². The second-order valence-corrected chi connectivity index (χ2v) is 6.43. The number of ketones is 1. The third kappa shape index (κ3) is 4.42. The van der Waals surface area contributed by atoms with Crippen LogP contribution in [0.15, 0.2) is 36.7 Å². The van der Waals surface area contributed by atoms with E-state index < -0.39 is 29.5 Å². The summed E-state index contributed by atoms with van der Waals surface area (Å²) < 4.78 is 75.7. The molecule has 0 unspecified atom stereocenters. The summed E-state index contributed by atoms with van der Waals surface area (Å²) in [7, 11) is 0. The fraction of sp³-hybridized carbons (Fsp3) is 0.389. The monoisotopic (exact) mass is 403 g/mol. The van der Waals surface area contributed by atoms with Gasteiger partial charge in [0.1, 0.15) is 5.82 Å². The molecular formula is C18H15F6N3O. The lowest BCUT2D eigenvalue weighted by molar-refractivity contribution is -0.138. The Labute approximate surface area is 156 Å². The zero-order valence-electron chi connectivity index (χ0n) is 14.4. The molecule has 1 aliphatic rings. The first-order valence-corrected chi connectivity index (χ1v) is 8.40. The molecule has 4 nitrogen and oxygen atoms in total. The molecular weight excluding hydrogens is 388 g/mol. The lowest BCUT2D eigenvalue weighted by Crippen LogP contribution is -2.37. The molecule has 0 radical (unpaired) electrons. The average molecular weight is 403 g/mol. The van der Waals surface area contributed by atoms with E-state index in [1.54, 1.807) is 4.90 Å². The summed E-state index contributed by atoms with van der Waals surface area (Å²) in [6, 6.07) is 3.52. The van der Waals surface area contributed by atoms with E-state index in [0.29, 0.717) is 31.8 Å². The first kappa shape index (κ1) is 20.1. The highest BCUT2D eigenvalue weighted by molar-refractivity contribution is 5.89. The van der Waals surface area contributed by atoms with Gasteiger partial charge in [-0.3, -0.25) is 9.78 Å². The van der Waals surface area contributed by atoms with Crippen LogP contribution in [0.3, 0.4) is 0 Å². The SMILES string of the molecule is O=C(Cc1ccc(C(F)(F)F)cn1)[C@H]1CCCN1c1ccc(C(F)(F)F)cn1. The van der Waals surface area contributed by atoms with Crippen LogP contribution in [-0.2, 0) is 23.6 Å². The zero-order chi connectivity index (χ0) is 20.5. The van der Waals surface area contributed by atoms with Gasteiger partial charge in [-0.15, -0.1) is 0 Å². The summed E-state index contributed by atoms with van der Waals surface area (Å²) >= 11 is 0. The quantitative estimate of drug-likeness (QED) is 0.715. The first-order chi connectivity index (χ1) is 13.1. The van der Waals surface area contributed by atoms with Crippen LogP contribution in [0.2, 0.25) is 0 Å². The second kappa shape index (κ2) is 7.40. The van der Waals surface area contributed by atoms with Gasteiger partial charge >= 0.3 is 12.4 Å². The number of nitrogens with zero attached hydrogens (tertiary/aromatic N) is 3. The van der Waals surface area contributed by atoms with Crippen LogP contribution < -0.4 is 4.90 Å². The molecule has 1 aliphatic heterocycles. The van der Waals surface area contributed by atoms with E-state index >= 15 is 0 Å². The molecule has 0 aliphatic carbocycles. The number of anilines is 1. The smallest absolute Gasteiger partial charge is 0.347 e. The maximum Gasteiger partial charge on any atom is 0.417 e. The Balaban J connectivity index is 1.71. The average Bonchev–Trinajstić information content (AvgIpc) is 3.10. The van der Waals surface area contributed by atoms with Crippen molar-refractivity contribution < 1.29 is 31.1 Å². The van der Waals surface area contributed by atoms with Crippen LogP contribution in [0, 0.1) is 0 Å². The number of rotatable bonds is 4. The van der Waals surface area contributed by atoms with Crippen molar-refractivity contribution >= 4 is 11.6 Å². The fourth-order valence-electron chi connectivity index (χ4n) is 3.09. The van der Waals surface area contributed by atoms with Gasteiger partial charge < -0.3 is 4.90 Å². The molecule has 1 saturated heterocycles. The van der Waals surface area contributed by atoms with E-state index in [0.717, 1.165) is 18.2 Å². The maximum absolute atomic E-state index is 12.7. The minimum absolute atomic E-state index is 0.167. The molecule has 0 spiro atoms. The van der Waals surface area contributed by atoms with Crippen molar-refractivity contribution in [2.24, 2.45) is 0 Å². The van der Waals surface area contributed by atoms with Gasteiger partial charge in [0.05, 0.1) is 23.6 Å². The molecule has 3 rings (SSSR count). The molecule has 0 aromatic carbocycles. The minimum Gasteiger partial charge on any atom is -0.347 e. The number of alkyl halides is 6. The van der Waals surface area contributed by atoms with Gasteiger partial charge in [-0.2, -0.15) is 26.3 Å². The Morgan fingerprint density at radius 2 is 1.57 bits per heavy atom. The highest BCUT2D eigenvalue weighted by atomic mass is 19.4. The fourth-order valence-corrected chi connectivity index (χ4v) is 3.09. The largest absolute Gasteiger partial charge is 0.417 e. The van der Waals surface area contributed by atoms with Gasteiger partial charge in [0.15, 0.2) is 5.78 Å². The summed E-state index contributed by atoms with van der Waals surface area (Å²) in [6.07, 6.45) is -6.65. The van der Waals surface area contributed by atoms with Crippen LogP contribution in [0.25, 0.3) is 0 Å².